The molecule has 25 heavy (non-hydrogen) atoms. The molecule has 0 spiro atoms. The Bertz CT molecular complexity index is 856. The molecule has 1 N–H and O–H groups in total. The highest BCUT2D eigenvalue weighted by atomic mass is 35.5. The van der Waals surface area contributed by atoms with Crippen molar-refractivity contribution >= 4 is 29.1 Å². The molecule has 126 valence electrons. The molecule has 1 atom stereocenters. The molecule has 2 aromatic rings. The molecule has 0 unspecified atom stereocenters. The van der Waals surface area contributed by atoms with Gasteiger partial charge in [0.05, 0.1) is 11.6 Å². The van der Waals surface area contributed by atoms with Gasteiger partial charge in [-0.05, 0) is 29.8 Å². The van der Waals surface area contributed by atoms with Gasteiger partial charge in [0.1, 0.15) is 5.76 Å². The maximum Gasteiger partial charge on any atom is 0.295 e. The van der Waals surface area contributed by atoms with E-state index in [1.54, 1.807) is 30.3 Å². The Kier molecular flexibility index (Phi) is 4.72. The summed E-state index contributed by atoms with van der Waals surface area (Å²) in [6, 6.07) is 14.9. The second-order valence-corrected chi connectivity index (χ2v) is 6.09. The minimum Gasteiger partial charge on any atom is -0.507 e. The van der Waals surface area contributed by atoms with Gasteiger partial charge in [-0.1, -0.05) is 48.0 Å². The van der Waals surface area contributed by atoms with Crippen molar-refractivity contribution in [3.63, 3.8) is 0 Å². The number of aliphatic hydroxyl groups excluding tert-OH is 1. The zero-order valence-corrected chi connectivity index (χ0v) is 14.1. The monoisotopic (exact) mass is 353 g/mol. The number of Topliss-reactive ketones (excluding diaryl/α,β-unsaturated/α-hetero) is 1. The first kappa shape index (κ1) is 17.0. The van der Waals surface area contributed by atoms with Gasteiger partial charge in [0.2, 0.25) is 0 Å². The van der Waals surface area contributed by atoms with Crippen LogP contribution in [0.3, 0.4) is 0 Å². The minimum atomic E-state index is -0.705. The third kappa shape index (κ3) is 3.08. The van der Waals surface area contributed by atoms with Crippen LogP contribution in [0, 0.1) is 0 Å². The summed E-state index contributed by atoms with van der Waals surface area (Å²) in [6.45, 7) is 3.86. The summed E-state index contributed by atoms with van der Waals surface area (Å²) in [4.78, 5) is 26.4. The van der Waals surface area contributed by atoms with E-state index in [0.717, 1.165) is 5.56 Å². The molecule has 0 bridgehead atoms. The summed E-state index contributed by atoms with van der Waals surface area (Å²) in [7, 11) is 0. The van der Waals surface area contributed by atoms with Crippen LogP contribution in [0.1, 0.15) is 17.2 Å². The van der Waals surface area contributed by atoms with E-state index in [9.17, 15) is 14.7 Å². The molecule has 1 fully saturated rings. The molecule has 2 aromatic carbocycles. The van der Waals surface area contributed by atoms with Gasteiger partial charge in [-0.25, -0.2) is 0 Å². The highest BCUT2D eigenvalue weighted by Crippen LogP contribution is 2.39. The molecule has 1 heterocycles. The SMILES string of the molecule is C=CCN1C(=O)C(=O)C(=C(O)c2ccc(Cl)cc2)[C@H]1c1ccccc1. The van der Waals surface area contributed by atoms with E-state index in [4.69, 9.17) is 11.6 Å². The van der Waals surface area contributed by atoms with E-state index in [0.29, 0.717) is 10.6 Å². The number of ketones is 1. The van der Waals surface area contributed by atoms with Crippen molar-refractivity contribution in [2.75, 3.05) is 6.54 Å². The fourth-order valence-electron chi connectivity index (χ4n) is 2.95. The Morgan fingerprint density at radius 2 is 1.76 bits per heavy atom. The largest absolute Gasteiger partial charge is 0.507 e. The third-order valence-electron chi connectivity index (χ3n) is 4.10. The summed E-state index contributed by atoms with van der Waals surface area (Å²) in [5.41, 5.74) is 1.25. The molecular formula is C20H16ClNO3. The molecule has 5 heteroatoms. The molecule has 1 aliphatic rings. The quantitative estimate of drug-likeness (QED) is 0.392. The maximum atomic E-state index is 12.6. The smallest absolute Gasteiger partial charge is 0.295 e. The molecule has 3 rings (SSSR count). The van der Waals surface area contributed by atoms with Gasteiger partial charge in [-0.2, -0.15) is 0 Å². The van der Waals surface area contributed by atoms with Crippen LogP contribution in [-0.4, -0.2) is 28.2 Å². The number of halogens is 1. The van der Waals surface area contributed by atoms with Crippen LogP contribution in [0.2, 0.25) is 5.02 Å². The van der Waals surface area contributed by atoms with Crippen LogP contribution < -0.4 is 0 Å². The summed E-state index contributed by atoms with van der Waals surface area (Å²) in [5, 5.41) is 11.2. The van der Waals surface area contributed by atoms with E-state index < -0.39 is 17.7 Å². The Labute approximate surface area is 150 Å². The zero-order chi connectivity index (χ0) is 18.0. The summed E-state index contributed by atoms with van der Waals surface area (Å²) >= 11 is 5.88. The molecule has 0 aliphatic carbocycles. The van der Waals surface area contributed by atoms with Crippen LogP contribution in [0.5, 0.6) is 0 Å². The number of aliphatic hydroxyl groups is 1. The molecule has 1 aliphatic heterocycles. The lowest BCUT2D eigenvalue weighted by Gasteiger charge is -2.24. The van der Waals surface area contributed by atoms with Crippen molar-refractivity contribution < 1.29 is 14.7 Å². The Morgan fingerprint density at radius 3 is 2.36 bits per heavy atom. The molecule has 1 saturated heterocycles. The molecule has 4 nitrogen and oxygen atoms in total. The predicted octanol–water partition coefficient (Wildman–Crippen LogP) is 3.95. The first-order valence-corrected chi connectivity index (χ1v) is 8.12. The number of rotatable bonds is 4. The standard InChI is InChI=1S/C20H16ClNO3/c1-2-12-22-17(13-6-4-3-5-7-13)16(19(24)20(22)25)18(23)14-8-10-15(21)11-9-14/h2-11,17,23H,1,12H2/t17-/m1/s1. The Balaban J connectivity index is 2.19. The van der Waals surface area contributed by atoms with Gasteiger partial charge in [0.15, 0.2) is 0 Å². The average molecular weight is 354 g/mol. The van der Waals surface area contributed by atoms with Crippen LogP contribution >= 0.6 is 11.6 Å². The maximum absolute atomic E-state index is 12.6. The lowest BCUT2D eigenvalue weighted by atomic mass is 9.95. The predicted molar refractivity (Wildman–Crippen MR) is 97.1 cm³/mol. The number of likely N-dealkylation sites (tertiary alicyclic amines) is 1. The highest BCUT2D eigenvalue weighted by molar-refractivity contribution is 6.46. The van der Waals surface area contributed by atoms with Gasteiger partial charge in [-0.15, -0.1) is 6.58 Å². The lowest BCUT2D eigenvalue weighted by Crippen LogP contribution is -2.29. The summed E-state index contributed by atoms with van der Waals surface area (Å²) in [5.74, 6) is -1.57. The van der Waals surface area contributed by atoms with E-state index in [-0.39, 0.29) is 17.9 Å². The molecular weight excluding hydrogens is 338 g/mol. The van der Waals surface area contributed by atoms with Crippen LogP contribution in [0.15, 0.2) is 72.8 Å². The Hall–Kier alpha value is -2.85. The number of carbonyl (C=O) groups excluding carboxylic acids is 2. The van der Waals surface area contributed by atoms with Crippen molar-refractivity contribution in [3.8, 4) is 0 Å². The van der Waals surface area contributed by atoms with E-state index >= 15 is 0 Å². The van der Waals surface area contributed by atoms with Gasteiger partial charge in [0, 0.05) is 17.1 Å². The van der Waals surface area contributed by atoms with Crippen LogP contribution in [-0.2, 0) is 9.59 Å². The van der Waals surface area contributed by atoms with Crippen molar-refractivity contribution in [2.45, 2.75) is 6.04 Å². The van der Waals surface area contributed by atoms with Crippen molar-refractivity contribution in [3.05, 3.63) is 89.0 Å². The van der Waals surface area contributed by atoms with Gasteiger partial charge in [-0.3, -0.25) is 9.59 Å². The van der Waals surface area contributed by atoms with E-state index in [1.165, 1.54) is 4.90 Å². The van der Waals surface area contributed by atoms with Gasteiger partial charge in [0.25, 0.3) is 11.7 Å². The van der Waals surface area contributed by atoms with Gasteiger partial charge >= 0.3 is 0 Å². The molecule has 0 radical (unpaired) electrons. The zero-order valence-electron chi connectivity index (χ0n) is 13.4. The average Bonchev–Trinajstić information content (AvgIpc) is 2.88. The topological polar surface area (TPSA) is 57.6 Å². The fraction of sp³-hybridized carbons (Fsp3) is 0.100. The number of nitrogens with zero attached hydrogens (tertiary/aromatic N) is 1. The number of carbonyl (C=O) groups is 2. The summed E-state index contributed by atoms with van der Waals surface area (Å²) in [6.07, 6.45) is 1.56. The van der Waals surface area contributed by atoms with E-state index in [2.05, 4.69) is 6.58 Å². The van der Waals surface area contributed by atoms with Crippen molar-refractivity contribution in [1.29, 1.82) is 0 Å². The first-order chi connectivity index (χ1) is 12.0. The molecule has 0 saturated carbocycles. The molecule has 0 aromatic heterocycles. The normalized spacial score (nSPS) is 19.2. The first-order valence-electron chi connectivity index (χ1n) is 7.74. The number of hydrogen-bond donors (Lipinski definition) is 1. The van der Waals surface area contributed by atoms with Gasteiger partial charge < -0.3 is 10.0 Å². The second-order valence-electron chi connectivity index (χ2n) is 5.66. The lowest BCUT2D eigenvalue weighted by molar-refractivity contribution is -0.139. The fourth-order valence-corrected chi connectivity index (χ4v) is 3.08. The van der Waals surface area contributed by atoms with Crippen molar-refractivity contribution in [1.82, 2.24) is 4.90 Å². The second kappa shape index (κ2) is 6.95. The summed E-state index contributed by atoms with van der Waals surface area (Å²) < 4.78 is 0. The van der Waals surface area contributed by atoms with Crippen LogP contribution in [0.25, 0.3) is 5.76 Å². The van der Waals surface area contributed by atoms with Crippen molar-refractivity contribution in [2.24, 2.45) is 0 Å². The number of benzene rings is 2. The highest BCUT2D eigenvalue weighted by Gasteiger charge is 2.45. The number of amides is 1. The third-order valence-corrected chi connectivity index (χ3v) is 4.35. The number of hydrogen-bond acceptors (Lipinski definition) is 3. The minimum absolute atomic E-state index is 0.0698. The molecule has 1 amide bonds. The van der Waals surface area contributed by atoms with Crippen LogP contribution in [0.4, 0.5) is 0 Å². The van der Waals surface area contributed by atoms with E-state index in [1.807, 2.05) is 30.3 Å². The Morgan fingerprint density at radius 1 is 1.12 bits per heavy atom.